The van der Waals surface area contributed by atoms with Crippen LogP contribution >= 0.6 is 11.8 Å². The first-order valence-corrected chi connectivity index (χ1v) is 8.71. The van der Waals surface area contributed by atoms with Gasteiger partial charge in [0, 0.05) is 17.5 Å². The Morgan fingerprint density at radius 2 is 1.90 bits per heavy atom. The second-order valence-electron chi connectivity index (χ2n) is 5.63. The van der Waals surface area contributed by atoms with Crippen molar-refractivity contribution in [3.63, 3.8) is 0 Å². The fourth-order valence-electron chi connectivity index (χ4n) is 2.50. The summed E-state index contributed by atoms with van der Waals surface area (Å²) in [6.45, 7) is 1.67. The second-order valence-corrected chi connectivity index (χ2v) is 6.51. The van der Waals surface area contributed by atoms with Gasteiger partial charge in [-0.05, 0) is 56.2 Å². The molecule has 1 N–H and O–H groups in total. The van der Waals surface area contributed by atoms with E-state index in [-0.39, 0.29) is 6.10 Å². The van der Waals surface area contributed by atoms with Gasteiger partial charge in [0.1, 0.15) is 12.4 Å². The highest BCUT2D eigenvalue weighted by Crippen LogP contribution is 2.24. The van der Waals surface area contributed by atoms with Gasteiger partial charge in [-0.3, -0.25) is 0 Å². The predicted octanol–water partition coefficient (Wildman–Crippen LogP) is 3.09. The Morgan fingerprint density at radius 1 is 1.15 bits per heavy atom. The maximum atomic E-state index is 6.01. The number of thioether (sulfide) groups is 1. The summed E-state index contributed by atoms with van der Waals surface area (Å²) in [6.07, 6.45) is 7.65. The summed E-state index contributed by atoms with van der Waals surface area (Å²) in [5.74, 6) is 0.936. The molecule has 110 valence electrons. The molecule has 0 aromatic heterocycles. The highest BCUT2D eigenvalue weighted by atomic mass is 32.2. The van der Waals surface area contributed by atoms with E-state index in [4.69, 9.17) is 9.47 Å². The standard InChI is InChI=1S/C16H23NO2S/c1-20-16-8-6-13(7-9-16)18-11-15-5-4-14(19-15)10-17-12-2-3-12/h6-9,12,14-15,17H,2-5,10-11H2,1H3. The molecule has 20 heavy (non-hydrogen) atoms. The lowest BCUT2D eigenvalue weighted by molar-refractivity contribution is 0.0184. The highest BCUT2D eigenvalue weighted by molar-refractivity contribution is 7.98. The molecule has 1 saturated carbocycles. The molecule has 0 radical (unpaired) electrons. The molecular weight excluding hydrogens is 270 g/mol. The van der Waals surface area contributed by atoms with Gasteiger partial charge in [-0.25, -0.2) is 0 Å². The van der Waals surface area contributed by atoms with Crippen LogP contribution in [-0.2, 0) is 4.74 Å². The zero-order valence-corrected chi connectivity index (χ0v) is 12.8. The van der Waals surface area contributed by atoms with Crippen molar-refractivity contribution in [3.8, 4) is 5.75 Å². The lowest BCUT2D eigenvalue weighted by Gasteiger charge is -2.15. The Balaban J connectivity index is 1.37. The Hall–Kier alpha value is -0.710. The molecular formula is C16H23NO2S. The van der Waals surface area contributed by atoms with Gasteiger partial charge in [-0.1, -0.05) is 0 Å². The van der Waals surface area contributed by atoms with Gasteiger partial charge in [0.15, 0.2) is 0 Å². The first-order chi connectivity index (χ1) is 9.83. The molecule has 0 bridgehead atoms. The Bertz CT molecular complexity index is 419. The summed E-state index contributed by atoms with van der Waals surface area (Å²) in [5.41, 5.74) is 0. The average Bonchev–Trinajstić information content (AvgIpc) is 3.22. The van der Waals surface area contributed by atoms with Gasteiger partial charge >= 0.3 is 0 Å². The molecule has 2 unspecified atom stereocenters. The monoisotopic (exact) mass is 293 g/mol. The van der Waals surface area contributed by atoms with Crippen molar-refractivity contribution in [1.82, 2.24) is 5.32 Å². The van der Waals surface area contributed by atoms with Crippen molar-refractivity contribution in [1.29, 1.82) is 0 Å². The number of ether oxygens (including phenoxy) is 2. The van der Waals surface area contributed by atoms with Crippen LogP contribution in [0.25, 0.3) is 0 Å². The van der Waals surface area contributed by atoms with Crippen LogP contribution in [0.1, 0.15) is 25.7 Å². The third-order valence-electron chi connectivity index (χ3n) is 3.90. The SMILES string of the molecule is CSc1ccc(OCC2CCC(CNC3CC3)O2)cc1. The molecule has 1 aromatic rings. The van der Waals surface area contributed by atoms with E-state index in [2.05, 4.69) is 23.7 Å². The smallest absolute Gasteiger partial charge is 0.119 e. The molecule has 1 heterocycles. The van der Waals surface area contributed by atoms with E-state index in [9.17, 15) is 0 Å². The normalized spacial score (nSPS) is 25.9. The van der Waals surface area contributed by atoms with E-state index in [1.807, 2.05) is 12.1 Å². The largest absolute Gasteiger partial charge is 0.491 e. The summed E-state index contributed by atoms with van der Waals surface area (Å²) in [5, 5.41) is 3.54. The van der Waals surface area contributed by atoms with E-state index < -0.39 is 0 Å². The minimum atomic E-state index is 0.251. The van der Waals surface area contributed by atoms with Crippen LogP contribution in [0.15, 0.2) is 29.2 Å². The fraction of sp³-hybridized carbons (Fsp3) is 0.625. The van der Waals surface area contributed by atoms with Crippen molar-refractivity contribution in [2.45, 2.75) is 48.8 Å². The number of hydrogen-bond acceptors (Lipinski definition) is 4. The van der Waals surface area contributed by atoms with E-state index in [1.165, 1.54) is 17.7 Å². The molecule has 1 aliphatic carbocycles. The van der Waals surface area contributed by atoms with Crippen LogP contribution in [-0.4, -0.2) is 37.7 Å². The minimum absolute atomic E-state index is 0.251. The summed E-state index contributed by atoms with van der Waals surface area (Å²) in [6, 6.07) is 9.03. The summed E-state index contributed by atoms with van der Waals surface area (Å²) in [4.78, 5) is 1.26. The summed E-state index contributed by atoms with van der Waals surface area (Å²) >= 11 is 1.75. The second kappa shape index (κ2) is 6.83. The maximum absolute atomic E-state index is 6.01. The zero-order valence-electron chi connectivity index (χ0n) is 12.0. The summed E-state index contributed by atoms with van der Waals surface area (Å²) in [7, 11) is 0. The molecule has 4 heteroatoms. The first kappa shape index (κ1) is 14.2. The first-order valence-electron chi connectivity index (χ1n) is 7.49. The highest BCUT2D eigenvalue weighted by Gasteiger charge is 2.28. The van der Waals surface area contributed by atoms with E-state index in [1.54, 1.807) is 11.8 Å². The van der Waals surface area contributed by atoms with Crippen LogP contribution in [0.4, 0.5) is 0 Å². The molecule has 3 rings (SSSR count). The Labute approximate surface area is 125 Å². The van der Waals surface area contributed by atoms with Gasteiger partial charge in [-0.2, -0.15) is 0 Å². The van der Waals surface area contributed by atoms with Crippen LogP contribution < -0.4 is 10.1 Å². The van der Waals surface area contributed by atoms with Gasteiger partial charge in [0.25, 0.3) is 0 Å². The molecule has 0 spiro atoms. The quantitative estimate of drug-likeness (QED) is 0.783. The third-order valence-corrected chi connectivity index (χ3v) is 4.65. The van der Waals surface area contributed by atoms with Crippen molar-refractivity contribution < 1.29 is 9.47 Å². The van der Waals surface area contributed by atoms with Gasteiger partial charge < -0.3 is 14.8 Å². The minimum Gasteiger partial charge on any atom is -0.491 e. The van der Waals surface area contributed by atoms with Crippen molar-refractivity contribution in [2.75, 3.05) is 19.4 Å². The average molecular weight is 293 g/mol. The van der Waals surface area contributed by atoms with E-state index in [0.717, 1.165) is 31.2 Å². The third kappa shape index (κ3) is 4.14. The van der Waals surface area contributed by atoms with Crippen LogP contribution in [0.5, 0.6) is 5.75 Å². The van der Waals surface area contributed by atoms with Crippen molar-refractivity contribution >= 4 is 11.8 Å². The summed E-state index contributed by atoms with van der Waals surface area (Å²) < 4.78 is 11.8. The molecule has 2 fully saturated rings. The number of hydrogen-bond donors (Lipinski definition) is 1. The number of rotatable bonds is 7. The molecule has 3 nitrogen and oxygen atoms in total. The predicted molar refractivity (Wildman–Crippen MR) is 82.6 cm³/mol. The van der Waals surface area contributed by atoms with Gasteiger partial charge in [0.2, 0.25) is 0 Å². The molecule has 0 amide bonds. The Morgan fingerprint density at radius 3 is 2.60 bits per heavy atom. The van der Waals surface area contributed by atoms with Crippen molar-refractivity contribution in [3.05, 3.63) is 24.3 Å². The molecule has 1 aromatic carbocycles. The lowest BCUT2D eigenvalue weighted by atomic mass is 10.2. The zero-order chi connectivity index (χ0) is 13.8. The molecule has 1 saturated heterocycles. The van der Waals surface area contributed by atoms with E-state index in [0.29, 0.717) is 12.7 Å². The topological polar surface area (TPSA) is 30.5 Å². The molecule has 2 aliphatic rings. The molecule has 1 aliphatic heterocycles. The lowest BCUT2D eigenvalue weighted by Crippen LogP contribution is -2.29. The molecule has 2 atom stereocenters. The van der Waals surface area contributed by atoms with E-state index >= 15 is 0 Å². The van der Waals surface area contributed by atoms with Crippen molar-refractivity contribution in [2.24, 2.45) is 0 Å². The van der Waals surface area contributed by atoms with Crippen LogP contribution in [0, 0.1) is 0 Å². The van der Waals surface area contributed by atoms with Crippen LogP contribution in [0.2, 0.25) is 0 Å². The number of benzene rings is 1. The van der Waals surface area contributed by atoms with Gasteiger partial charge in [0.05, 0.1) is 12.2 Å². The Kier molecular flexibility index (Phi) is 4.86. The maximum Gasteiger partial charge on any atom is 0.119 e. The number of nitrogens with one attached hydrogen (secondary N) is 1. The van der Waals surface area contributed by atoms with Crippen LogP contribution in [0.3, 0.4) is 0 Å². The van der Waals surface area contributed by atoms with Gasteiger partial charge in [-0.15, -0.1) is 11.8 Å². The fourth-order valence-corrected chi connectivity index (χ4v) is 2.91.